The van der Waals surface area contributed by atoms with E-state index in [0.29, 0.717) is 24.3 Å². The Kier molecular flexibility index (Phi) is 8.27. The van der Waals surface area contributed by atoms with Crippen LogP contribution in [-0.4, -0.2) is 48.1 Å². The van der Waals surface area contributed by atoms with Gasteiger partial charge in [0.2, 0.25) is 0 Å². The minimum Gasteiger partial charge on any atom is -0.455 e. The van der Waals surface area contributed by atoms with Gasteiger partial charge in [0.25, 0.3) is 11.8 Å². The third kappa shape index (κ3) is 6.34. The first-order valence-corrected chi connectivity index (χ1v) is 11.4. The van der Waals surface area contributed by atoms with Crippen molar-refractivity contribution < 1.29 is 19.1 Å². The molecular formula is C25H26N2O4S. The van der Waals surface area contributed by atoms with Gasteiger partial charge in [0.15, 0.2) is 6.61 Å². The molecule has 7 heteroatoms. The molecule has 3 aromatic rings. The molecule has 0 aliphatic carbocycles. The predicted octanol–water partition coefficient (Wildman–Crippen LogP) is 4.60. The maximum Gasteiger partial charge on any atom is 0.316 e. The van der Waals surface area contributed by atoms with Gasteiger partial charge in [-0.3, -0.25) is 14.4 Å². The number of fused-ring (bicyclic) bond motifs is 1. The summed E-state index contributed by atoms with van der Waals surface area (Å²) in [4.78, 5) is 39.1. The Morgan fingerprint density at radius 1 is 0.906 bits per heavy atom. The van der Waals surface area contributed by atoms with Crippen LogP contribution in [0.2, 0.25) is 0 Å². The Balaban J connectivity index is 1.43. The molecule has 32 heavy (non-hydrogen) atoms. The van der Waals surface area contributed by atoms with Crippen LogP contribution in [0.3, 0.4) is 0 Å². The number of rotatable bonds is 9. The number of ether oxygens (including phenoxy) is 1. The van der Waals surface area contributed by atoms with Gasteiger partial charge in [0, 0.05) is 29.2 Å². The highest BCUT2D eigenvalue weighted by atomic mass is 32.2. The zero-order valence-electron chi connectivity index (χ0n) is 18.2. The average Bonchev–Trinajstić information content (AvgIpc) is 2.82. The molecule has 0 radical (unpaired) electrons. The molecule has 3 rings (SSSR count). The van der Waals surface area contributed by atoms with Gasteiger partial charge in [-0.2, -0.15) is 0 Å². The Morgan fingerprint density at radius 2 is 1.59 bits per heavy atom. The number of anilines is 1. The van der Waals surface area contributed by atoms with Gasteiger partial charge in [0.05, 0.1) is 5.75 Å². The van der Waals surface area contributed by atoms with Crippen LogP contribution in [0.5, 0.6) is 0 Å². The average molecular weight is 451 g/mol. The molecule has 0 saturated heterocycles. The lowest BCUT2D eigenvalue weighted by atomic mass is 10.1. The van der Waals surface area contributed by atoms with Crippen molar-refractivity contribution in [3.05, 3.63) is 72.3 Å². The van der Waals surface area contributed by atoms with Gasteiger partial charge < -0.3 is 15.0 Å². The van der Waals surface area contributed by atoms with E-state index in [1.54, 1.807) is 29.2 Å². The topological polar surface area (TPSA) is 75.7 Å². The predicted molar refractivity (Wildman–Crippen MR) is 128 cm³/mol. The van der Waals surface area contributed by atoms with Crippen LogP contribution in [0.4, 0.5) is 5.69 Å². The molecule has 166 valence electrons. The van der Waals surface area contributed by atoms with Crippen molar-refractivity contribution in [2.75, 3.05) is 30.8 Å². The van der Waals surface area contributed by atoms with Crippen molar-refractivity contribution in [3.8, 4) is 0 Å². The number of carbonyl (C=O) groups is 3. The van der Waals surface area contributed by atoms with Gasteiger partial charge in [-0.25, -0.2) is 0 Å². The van der Waals surface area contributed by atoms with Gasteiger partial charge in [-0.1, -0.05) is 30.3 Å². The molecule has 3 aromatic carbocycles. The van der Waals surface area contributed by atoms with Crippen LogP contribution in [0.1, 0.15) is 24.2 Å². The number of amides is 2. The lowest BCUT2D eigenvalue weighted by Gasteiger charge is -2.18. The fourth-order valence-corrected chi connectivity index (χ4v) is 3.92. The zero-order chi connectivity index (χ0) is 22.9. The van der Waals surface area contributed by atoms with E-state index in [2.05, 4.69) is 5.32 Å². The highest BCUT2D eigenvalue weighted by molar-refractivity contribution is 8.00. The smallest absolute Gasteiger partial charge is 0.316 e. The summed E-state index contributed by atoms with van der Waals surface area (Å²) >= 11 is 1.37. The quantitative estimate of drug-likeness (QED) is 0.381. The highest BCUT2D eigenvalue weighted by Gasteiger charge is 2.13. The summed E-state index contributed by atoms with van der Waals surface area (Å²) < 4.78 is 5.08. The van der Waals surface area contributed by atoms with E-state index in [1.807, 2.05) is 56.3 Å². The Morgan fingerprint density at radius 3 is 2.28 bits per heavy atom. The number of nitrogens with one attached hydrogen (secondary N) is 1. The minimum atomic E-state index is -0.460. The molecule has 0 bridgehead atoms. The largest absolute Gasteiger partial charge is 0.455 e. The van der Waals surface area contributed by atoms with Crippen molar-refractivity contribution in [1.82, 2.24) is 4.90 Å². The molecule has 0 saturated carbocycles. The van der Waals surface area contributed by atoms with Crippen molar-refractivity contribution in [2.24, 2.45) is 0 Å². The monoisotopic (exact) mass is 450 g/mol. The highest BCUT2D eigenvalue weighted by Crippen LogP contribution is 2.23. The van der Waals surface area contributed by atoms with Crippen LogP contribution < -0.4 is 5.32 Å². The number of nitrogens with zero attached hydrogens (tertiary/aromatic N) is 1. The van der Waals surface area contributed by atoms with Gasteiger partial charge in [0.1, 0.15) is 0 Å². The van der Waals surface area contributed by atoms with Crippen LogP contribution in [0, 0.1) is 0 Å². The second-order valence-electron chi connectivity index (χ2n) is 7.06. The molecule has 0 unspecified atom stereocenters. The maximum absolute atomic E-state index is 12.3. The van der Waals surface area contributed by atoms with Crippen molar-refractivity contribution >= 4 is 46.0 Å². The first kappa shape index (κ1) is 23.3. The van der Waals surface area contributed by atoms with Gasteiger partial charge in [-0.15, -0.1) is 11.8 Å². The number of benzene rings is 3. The fraction of sp³-hybridized carbons (Fsp3) is 0.240. The first-order valence-electron chi connectivity index (χ1n) is 10.5. The lowest BCUT2D eigenvalue weighted by molar-refractivity contribution is -0.144. The van der Waals surface area contributed by atoms with Crippen LogP contribution >= 0.6 is 11.8 Å². The normalized spacial score (nSPS) is 10.6. The molecule has 0 spiro atoms. The number of esters is 1. The third-order valence-corrected chi connectivity index (χ3v) is 5.88. The summed E-state index contributed by atoms with van der Waals surface area (Å²) in [6.07, 6.45) is 0. The molecule has 0 aromatic heterocycles. The van der Waals surface area contributed by atoms with Crippen LogP contribution in [-0.2, 0) is 14.3 Å². The molecular weight excluding hydrogens is 424 g/mol. The molecule has 0 fully saturated rings. The van der Waals surface area contributed by atoms with Crippen molar-refractivity contribution in [2.45, 2.75) is 18.7 Å². The van der Waals surface area contributed by atoms with Gasteiger partial charge >= 0.3 is 5.97 Å². The number of carbonyl (C=O) groups excluding carboxylic acids is 3. The van der Waals surface area contributed by atoms with E-state index >= 15 is 0 Å². The first-order chi connectivity index (χ1) is 15.5. The number of hydrogen-bond acceptors (Lipinski definition) is 5. The number of hydrogen-bond donors (Lipinski definition) is 1. The summed E-state index contributed by atoms with van der Waals surface area (Å²) in [6.45, 7) is 4.77. The zero-order valence-corrected chi connectivity index (χ0v) is 19.0. The van der Waals surface area contributed by atoms with E-state index in [4.69, 9.17) is 4.74 Å². The van der Waals surface area contributed by atoms with E-state index in [-0.39, 0.29) is 18.3 Å². The van der Waals surface area contributed by atoms with Crippen molar-refractivity contribution in [3.63, 3.8) is 0 Å². The minimum absolute atomic E-state index is 0.0503. The third-order valence-electron chi connectivity index (χ3n) is 4.91. The molecule has 2 amide bonds. The summed E-state index contributed by atoms with van der Waals surface area (Å²) in [5.74, 6) is -0.825. The maximum atomic E-state index is 12.3. The van der Waals surface area contributed by atoms with Crippen LogP contribution in [0.15, 0.2) is 71.6 Å². The summed E-state index contributed by atoms with van der Waals surface area (Å²) in [6, 6.07) is 20.7. The van der Waals surface area contributed by atoms with E-state index in [0.717, 1.165) is 15.7 Å². The van der Waals surface area contributed by atoms with Gasteiger partial charge in [-0.05, 0) is 61.0 Å². The second-order valence-corrected chi connectivity index (χ2v) is 8.11. The second kappa shape index (κ2) is 11.3. The van der Waals surface area contributed by atoms with E-state index < -0.39 is 11.9 Å². The fourth-order valence-electron chi connectivity index (χ4n) is 3.17. The molecule has 1 N–H and O–H groups in total. The SMILES string of the molecule is CCN(CC)C(=O)c1ccc(NC(=O)COC(=O)CSc2ccc3ccccc3c2)cc1. The van der Waals surface area contributed by atoms with Crippen molar-refractivity contribution in [1.29, 1.82) is 0 Å². The Labute approximate surface area is 191 Å². The Bertz CT molecular complexity index is 1090. The molecule has 0 aliphatic heterocycles. The Hall–Kier alpha value is -3.32. The summed E-state index contributed by atoms with van der Waals surface area (Å²) in [7, 11) is 0. The van der Waals surface area contributed by atoms with Crippen LogP contribution in [0.25, 0.3) is 10.8 Å². The lowest BCUT2D eigenvalue weighted by Crippen LogP contribution is -2.30. The summed E-state index contributed by atoms with van der Waals surface area (Å²) in [5, 5.41) is 4.91. The standard InChI is InChI=1S/C25H26N2O4S/c1-3-27(4-2)25(30)19-9-12-21(13-10-19)26-23(28)16-31-24(29)17-32-22-14-11-18-7-5-6-8-20(18)15-22/h5-15H,3-4,16-17H2,1-2H3,(H,26,28). The number of thioether (sulfide) groups is 1. The molecule has 0 heterocycles. The van der Waals surface area contributed by atoms with E-state index in [1.165, 1.54) is 11.8 Å². The molecule has 6 nitrogen and oxygen atoms in total. The molecule has 0 atom stereocenters. The van der Waals surface area contributed by atoms with E-state index in [9.17, 15) is 14.4 Å². The summed E-state index contributed by atoms with van der Waals surface area (Å²) in [5.41, 5.74) is 1.09. The molecule has 0 aliphatic rings.